The topological polar surface area (TPSA) is 12.9 Å². The lowest BCUT2D eigenvalue weighted by atomic mass is 10.1. The molecule has 0 fully saturated rings. The molecule has 0 atom stereocenters. The monoisotopic (exact) mass is 242 g/mol. The number of aryl methyl sites for hydroxylation is 1. The number of nitrogens with zero attached hydrogens (tertiary/aromatic N) is 1. The zero-order valence-electron chi connectivity index (χ0n) is 8.30. The van der Waals surface area contributed by atoms with E-state index in [0.29, 0.717) is 16.3 Å². The molecular formula is C11H7F3NS. The molecule has 2 rings (SSSR count). The molecular weight excluding hydrogens is 235 g/mol. The fraction of sp³-hybridized carbons (Fsp3) is 0.182. The lowest BCUT2D eigenvalue weighted by Crippen LogP contribution is -2.04. The van der Waals surface area contributed by atoms with E-state index in [1.54, 1.807) is 13.0 Å². The first-order valence-corrected chi connectivity index (χ1v) is 5.31. The van der Waals surface area contributed by atoms with Crippen molar-refractivity contribution in [3.05, 3.63) is 40.9 Å². The molecule has 0 amide bonds. The summed E-state index contributed by atoms with van der Waals surface area (Å²) in [4.78, 5) is 4.10. The number of thiazole rings is 1. The summed E-state index contributed by atoms with van der Waals surface area (Å²) in [7, 11) is 0. The second kappa shape index (κ2) is 3.90. The minimum atomic E-state index is -4.31. The third-order valence-electron chi connectivity index (χ3n) is 2.00. The van der Waals surface area contributed by atoms with Crippen molar-refractivity contribution in [1.82, 2.24) is 4.98 Å². The second-order valence-electron chi connectivity index (χ2n) is 3.29. The van der Waals surface area contributed by atoms with E-state index in [1.165, 1.54) is 17.4 Å². The minimum absolute atomic E-state index is 0.476. The number of alkyl halides is 3. The van der Waals surface area contributed by atoms with Gasteiger partial charge in [-0.3, -0.25) is 0 Å². The maximum absolute atomic E-state index is 12.5. The summed E-state index contributed by atoms with van der Waals surface area (Å²) in [5.41, 5.74) is 0.513. The molecule has 0 spiro atoms. The number of rotatable bonds is 1. The van der Waals surface area contributed by atoms with Crippen molar-refractivity contribution >= 4 is 11.3 Å². The van der Waals surface area contributed by atoms with Crippen LogP contribution in [0.1, 0.15) is 11.3 Å². The molecule has 16 heavy (non-hydrogen) atoms. The summed E-state index contributed by atoms with van der Waals surface area (Å²) >= 11 is 1.22. The Kier molecular flexibility index (Phi) is 2.71. The molecule has 5 heteroatoms. The van der Waals surface area contributed by atoms with E-state index >= 15 is 0 Å². The summed E-state index contributed by atoms with van der Waals surface area (Å²) in [5, 5.41) is 3.43. The van der Waals surface area contributed by atoms with E-state index in [9.17, 15) is 13.2 Å². The van der Waals surface area contributed by atoms with Crippen molar-refractivity contribution in [3.63, 3.8) is 0 Å². The highest BCUT2D eigenvalue weighted by Gasteiger charge is 2.30. The standard InChI is InChI=1S/C11H7F3NS/c1-7-6-16-10(15-7)8-3-2-4-9(5-8)11(12,13)14/h2-5H,1H3. The maximum atomic E-state index is 12.5. The molecule has 2 aromatic rings. The first-order valence-electron chi connectivity index (χ1n) is 4.49. The van der Waals surface area contributed by atoms with Crippen molar-refractivity contribution in [2.45, 2.75) is 13.1 Å². The van der Waals surface area contributed by atoms with E-state index in [0.717, 1.165) is 12.1 Å². The highest BCUT2D eigenvalue weighted by molar-refractivity contribution is 7.12. The summed E-state index contributed by atoms with van der Waals surface area (Å²) in [6.07, 6.45) is -4.31. The zero-order chi connectivity index (χ0) is 11.8. The summed E-state index contributed by atoms with van der Waals surface area (Å²) in [6.45, 7) is 1.76. The molecule has 0 saturated carbocycles. The zero-order valence-corrected chi connectivity index (χ0v) is 9.12. The average molecular weight is 242 g/mol. The van der Waals surface area contributed by atoms with Gasteiger partial charge in [0.25, 0.3) is 0 Å². The smallest absolute Gasteiger partial charge is 0.241 e. The van der Waals surface area contributed by atoms with Gasteiger partial charge in [0.1, 0.15) is 5.01 Å². The summed E-state index contributed by atoms with van der Waals surface area (Å²) < 4.78 is 37.4. The van der Waals surface area contributed by atoms with Crippen LogP contribution in [0.15, 0.2) is 24.3 Å². The van der Waals surface area contributed by atoms with Crippen LogP contribution in [0.2, 0.25) is 0 Å². The Morgan fingerprint density at radius 2 is 2.06 bits per heavy atom. The van der Waals surface area contributed by atoms with Crippen LogP contribution in [0.25, 0.3) is 10.6 Å². The van der Waals surface area contributed by atoms with Gasteiger partial charge in [-0.2, -0.15) is 13.2 Å². The van der Waals surface area contributed by atoms with Crippen LogP contribution < -0.4 is 0 Å². The summed E-state index contributed by atoms with van der Waals surface area (Å²) in [5.74, 6) is 0. The van der Waals surface area contributed by atoms with Gasteiger partial charge in [0.05, 0.1) is 16.6 Å². The van der Waals surface area contributed by atoms with Gasteiger partial charge in [-0.25, -0.2) is 4.98 Å². The number of benzene rings is 1. The first kappa shape index (κ1) is 11.1. The Hall–Kier alpha value is -1.36. The van der Waals surface area contributed by atoms with Crippen LogP contribution >= 0.6 is 11.3 Å². The van der Waals surface area contributed by atoms with Gasteiger partial charge >= 0.3 is 6.18 Å². The Morgan fingerprint density at radius 1 is 1.31 bits per heavy atom. The molecule has 0 aliphatic heterocycles. The van der Waals surface area contributed by atoms with Crippen LogP contribution in [0.3, 0.4) is 0 Å². The molecule has 0 N–H and O–H groups in total. The van der Waals surface area contributed by atoms with Gasteiger partial charge in [0.15, 0.2) is 0 Å². The quantitative estimate of drug-likeness (QED) is 0.738. The molecule has 0 bridgehead atoms. The van der Waals surface area contributed by atoms with E-state index in [4.69, 9.17) is 0 Å². The van der Waals surface area contributed by atoms with E-state index < -0.39 is 11.7 Å². The van der Waals surface area contributed by atoms with Gasteiger partial charge in [0, 0.05) is 5.56 Å². The molecule has 0 aliphatic rings. The number of hydrogen-bond donors (Lipinski definition) is 0. The van der Waals surface area contributed by atoms with Gasteiger partial charge in [0.2, 0.25) is 0 Å². The van der Waals surface area contributed by atoms with Crippen molar-refractivity contribution in [3.8, 4) is 10.6 Å². The number of aromatic nitrogens is 1. The maximum Gasteiger partial charge on any atom is 0.416 e. The van der Waals surface area contributed by atoms with Crippen LogP contribution in [0, 0.1) is 12.3 Å². The lowest BCUT2D eigenvalue weighted by molar-refractivity contribution is -0.137. The Labute approximate surface area is 94.6 Å². The van der Waals surface area contributed by atoms with Gasteiger partial charge in [-0.15, -0.1) is 11.3 Å². The lowest BCUT2D eigenvalue weighted by Gasteiger charge is -2.07. The molecule has 1 heterocycles. The number of hydrogen-bond acceptors (Lipinski definition) is 2. The Bertz CT molecular complexity index is 502. The SMILES string of the molecule is Cc1[c]sc(-c2cccc(C(F)(F)F)c2)n1. The largest absolute Gasteiger partial charge is 0.416 e. The molecule has 0 aliphatic carbocycles. The molecule has 0 saturated heterocycles. The van der Waals surface area contributed by atoms with Crippen LogP contribution in [0.5, 0.6) is 0 Å². The van der Waals surface area contributed by atoms with Gasteiger partial charge in [-0.1, -0.05) is 12.1 Å². The molecule has 83 valence electrons. The van der Waals surface area contributed by atoms with E-state index in [1.807, 2.05) is 0 Å². The first-order chi connectivity index (χ1) is 7.47. The number of halogens is 3. The predicted octanol–water partition coefficient (Wildman–Crippen LogP) is 3.94. The molecule has 1 aromatic heterocycles. The van der Waals surface area contributed by atoms with Crippen LogP contribution in [0.4, 0.5) is 13.2 Å². The van der Waals surface area contributed by atoms with Gasteiger partial charge < -0.3 is 0 Å². The summed E-state index contributed by atoms with van der Waals surface area (Å²) in [6, 6.07) is 5.15. The normalized spacial score (nSPS) is 11.8. The average Bonchev–Trinajstić information content (AvgIpc) is 2.64. The molecule has 1 nitrogen and oxygen atoms in total. The van der Waals surface area contributed by atoms with Crippen molar-refractivity contribution in [2.75, 3.05) is 0 Å². The van der Waals surface area contributed by atoms with E-state index in [-0.39, 0.29) is 0 Å². The third-order valence-corrected chi connectivity index (χ3v) is 2.92. The molecule has 0 unspecified atom stereocenters. The van der Waals surface area contributed by atoms with Crippen LogP contribution in [-0.2, 0) is 6.18 Å². The minimum Gasteiger partial charge on any atom is -0.241 e. The van der Waals surface area contributed by atoms with Crippen molar-refractivity contribution < 1.29 is 13.2 Å². The second-order valence-corrected chi connectivity index (χ2v) is 4.08. The third kappa shape index (κ3) is 2.24. The fourth-order valence-electron chi connectivity index (χ4n) is 1.27. The Morgan fingerprint density at radius 3 is 2.62 bits per heavy atom. The highest BCUT2D eigenvalue weighted by atomic mass is 32.1. The van der Waals surface area contributed by atoms with Gasteiger partial charge in [-0.05, 0) is 19.1 Å². The van der Waals surface area contributed by atoms with Crippen LogP contribution in [-0.4, -0.2) is 4.98 Å². The highest BCUT2D eigenvalue weighted by Crippen LogP contribution is 2.32. The van der Waals surface area contributed by atoms with E-state index in [2.05, 4.69) is 10.4 Å². The van der Waals surface area contributed by atoms with Crippen molar-refractivity contribution in [2.24, 2.45) is 0 Å². The Balaban J connectivity index is 2.44. The molecule has 1 radical (unpaired) electrons. The predicted molar refractivity (Wildman–Crippen MR) is 56.1 cm³/mol. The van der Waals surface area contributed by atoms with Crippen molar-refractivity contribution in [1.29, 1.82) is 0 Å². The fourth-order valence-corrected chi connectivity index (χ4v) is 1.99. The molecule has 1 aromatic carbocycles.